The first-order valence-corrected chi connectivity index (χ1v) is 5.81. The molecule has 0 aliphatic carbocycles. The molecule has 1 aromatic heterocycles. The first-order valence-electron chi connectivity index (χ1n) is 4.15. The largest absolute Gasteiger partial charge is 0.381 e. The maximum atomic E-state index is 11.1. The van der Waals surface area contributed by atoms with Crippen molar-refractivity contribution in [2.45, 2.75) is 12.2 Å². The Hall–Kier alpha value is -0.680. The molecule has 2 N–H and O–H groups in total. The molecule has 0 aliphatic heterocycles. The SMILES string of the molecule is CSC(C)CNc1cn[nH]c(=O)c1Cl. The number of halogens is 1. The summed E-state index contributed by atoms with van der Waals surface area (Å²) in [7, 11) is 0. The molecule has 1 heterocycles. The predicted molar refractivity (Wildman–Crippen MR) is 61.3 cm³/mol. The van der Waals surface area contributed by atoms with Crippen LogP contribution in [-0.4, -0.2) is 28.2 Å². The summed E-state index contributed by atoms with van der Waals surface area (Å²) in [5.41, 5.74) is 0.213. The zero-order chi connectivity index (χ0) is 10.6. The first kappa shape index (κ1) is 11.4. The summed E-state index contributed by atoms with van der Waals surface area (Å²) in [6.07, 6.45) is 3.54. The fourth-order valence-corrected chi connectivity index (χ4v) is 1.25. The molecular weight excluding hydrogens is 222 g/mol. The number of nitrogens with one attached hydrogen (secondary N) is 2. The van der Waals surface area contributed by atoms with Crippen LogP contribution in [0, 0.1) is 0 Å². The highest BCUT2D eigenvalue weighted by molar-refractivity contribution is 7.99. The Balaban J connectivity index is 2.68. The van der Waals surface area contributed by atoms with Crippen LogP contribution in [0.5, 0.6) is 0 Å². The van der Waals surface area contributed by atoms with Gasteiger partial charge in [-0.05, 0) is 6.26 Å². The highest BCUT2D eigenvalue weighted by atomic mass is 35.5. The Bertz CT molecular complexity index is 355. The van der Waals surface area contributed by atoms with Gasteiger partial charge in [0.05, 0.1) is 11.9 Å². The number of rotatable bonds is 4. The standard InChI is InChI=1S/C8H12ClN3OS/c1-5(14-2)3-10-6-4-11-12-8(13)7(6)9/h4-5H,3H2,1-2H3,(H2,10,12,13). The number of H-pyrrole nitrogens is 1. The number of hydrogen-bond donors (Lipinski definition) is 2. The predicted octanol–water partition coefficient (Wildman–Crippen LogP) is 1.59. The van der Waals surface area contributed by atoms with Crippen LogP contribution in [0.3, 0.4) is 0 Å². The highest BCUT2D eigenvalue weighted by Crippen LogP contribution is 2.15. The van der Waals surface area contributed by atoms with Crippen LogP contribution < -0.4 is 10.9 Å². The molecule has 0 radical (unpaired) electrons. The van der Waals surface area contributed by atoms with Crippen molar-refractivity contribution < 1.29 is 0 Å². The van der Waals surface area contributed by atoms with Crippen molar-refractivity contribution in [1.29, 1.82) is 0 Å². The summed E-state index contributed by atoms with van der Waals surface area (Å²) in [5.74, 6) is 0. The Kier molecular flexibility index (Phi) is 4.28. The van der Waals surface area contributed by atoms with Crippen LogP contribution in [0.1, 0.15) is 6.92 Å². The third-order valence-corrected chi connectivity index (χ3v) is 3.12. The topological polar surface area (TPSA) is 57.8 Å². The number of aromatic amines is 1. The van der Waals surface area contributed by atoms with E-state index in [1.165, 1.54) is 6.20 Å². The molecule has 0 aliphatic rings. The fourth-order valence-electron chi connectivity index (χ4n) is 0.844. The van der Waals surface area contributed by atoms with Gasteiger partial charge in [0.15, 0.2) is 0 Å². The molecule has 0 bridgehead atoms. The molecule has 0 fully saturated rings. The van der Waals surface area contributed by atoms with Crippen LogP contribution in [0.15, 0.2) is 11.0 Å². The van der Waals surface area contributed by atoms with Gasteiger partial charge in [-0.15, -0.1) is 0 Å². The van der Waals surface area contributed by atoms with E-state index in [-0.39, 0.29) is 10.6 Å². The van der Waals surface area contributed by atoms with Gasteiger partial charge >= 0.3 is 0 Å². The number of nitrogens with zero attached hydrogens (tertiary/aromatic N) is 1. The van der Waals surface area contributed by atoms with Gasteiger partial charge in [0, 0.05) is 11.8 Å². The van der Waals surface area contributed by atoms with Gasteiger partial charge in [0.25, 0.3) is 5.56 Å². The van der Waals surface area contributed by atoms with Gasteiger partial charge in [-0.1, -0.05) is 18.5 Å². The second-order valence-corrected chi connectivity index (χ2v) is 4.51. The lowest BCUT2D eigenvalue weighted by Crippen LogP contribution is -2.16. The first-order chi connectivity index (χ1) is 6.65. The Morgan fingerprint density at radius 1 is 1.79 bits per heavy atom. The maximum Gasteiger partial charge on any atom is 0.285 e. The van der Waals surface area contributed by atoms with Crippen molar-refractivity contribution >= 4 is 29.1 Å². The second kappa shape index (κ2) is 5.26. The molecule has 0 spiro atoms. The van der Waals surface area contributed by atoms with E-state index in [9.17, 15) is 4.79 Å². The van der Waals surface area contributed by atoms with Crippen molar-refractivity contribution in [2.75, 3.05) is 18.1 Å². The minimum atomic E-state index is -0.367. The lowest BCUT2D eigenvalue weighted by atomic mass is 10.4. The fraction of sp³-hybridized carbons (Fsp3) is 0.500. The van der Waals surface area contributed by atoms with Crippen molar-refractivity contribution in [3.8, 4) is 0 Å². The molecule has 4 nitrogen and oxygen atoms in total. The summed E-state index contributed by atoms with van der Waals surface area (Å²) in [5, 5.41) is 9.61. The van der Waals surface area contributed by atoms with Crippen molar-refractivity contribution in [1.82, 2.24) is 10.2 Å². The lowest BCUT2D eigenvalue weighted by molar-refractivity contribution is 0.964. The molecule has 1 atom stereocenters. The highest BCUT2D eigenvalue weighted by Gasteiger charge is 2.05. The molecule has 0 saturated carbocycles. The zero-order valence-electron chi connectivity index (χ0n) is 8.00. The number of hydrogen-bond acceptors (Lipinski definition) is 4. The van der Waals surface area contributed by atoms with Crippen molar-refractivity contribution in [3.63, 3.8) is 0 Å². The maximum absolute atomic E-state index is 11.1. The van der Waals surface area contributed by atoms with Crippen LogP contribution in [0.4, 0.5) is 5.69 Å². The summed E-state index contributed by atoms with van der Waals surface area (Å²) < 4.78 is 0. The molecule has 1 rings (SSSR count). The number of anilines is 1. The lowest BCUT2D eigenvalue weighted by Gasteiger charge is -2.10. The molecule has 0 aromatic carbocycles. The third-order valence-electron chi connectivity index (χ3n) is 1.78. The van der Waals surface area contributed by atoms with E-state index >= 15 is 0 Å². The third kappa shape index (κ3) is 2.92. The van der Waals surface area contributed by atoms with Crippen LogP contribution in [0.25, 0.3) is 0 Å². The van der Waals surface area contributed by atoms with E-state index in [4.69, 9.17) is 11.6 Å². The summed E-state index contributed by atoms with van der Waals surface area (Å²) >= 11 is 7.51. The molecule has 1 aromatic rings. The van der Waals surface area contributed by atoms with Gasteiger partial charge in [0.1, 0.15) is 5.02 Å². The van der Waals surface area contributed by atoms with E-state index < -0.39 is 0 Å². The molecule has 78 valence electrons. The molecule has 0 saturated heterocycles. The van der Waals surface area contributed by atoms with Crippen molar-refractivity contribution in [2.24, 2.45) is 0 Å². The molecular formula is C8H12ClN3OS. The van der Waals surface area contributed by atoms with Gasteiger partial charge in [-0.3, -0.25) is 4.79 Å². The summed E-state index contributed by atoms with van der Waals surface area (Å²) in [6.45, 7) is 2.85. The van der Waals surface area contributed by atoms with Gasteiger partial charge in [-0.2, -0.15) is 16.9 Å². The van der Waals surface area contributed by atoms with Gasteiger partial charge in [0.2, 0.25) is 0 Å². The van der Waals surface area contributed by atoms with Crippen molar-refractivity contribution in [3.05, 3.63) is 21.6 Å². The molecule has 1 unspecified atom stereocenters. The molecule has 6 heteroatoms. The van der Waals surface area contributed by atoms with E-state index in [0.717, 1.165) is 6.54 Å². The second-order valence-electron chi connectivity index (χ2n) is 2.85. The zero-order valence-corrected chi connectivity index (χ0v) is 9.58. The van der Waals surface area contributed by atoms with E-state index in [2.05, 4.69) is 22.4 Å². The Labute approximate surface area is 91.4 Å². The quantitative estimate of drug-likeness (QED) is 0.829. The smallest absolute Gasteiger partial charge is 0.285 e. The average molecular weight is 234 g/mol. The van der Waals surface area contributed by atoms with E-state index in [1.807, 2.05) is 6.26 Å². The normalized spacial score (nSPS) is 12.5. The van der Waals surface area contributed by atoms with Gasteiger partial charge in [-0.25, -0.2) is 5.10 Å². The Morgan fingerprint density at radius 2 is 2.50 bits per heavy atom. The number of aromatic nitrogens is 2. The number of thioether (sulfide) groups is 1. The minimum Gasteiger partial charge on any atom is -0.381 e. The summed E-state index contributed by atoms with van der Waals surface area (Å²) in [6, 6.07) is 0. The Morgan fingerprint density at radius 3 is 3.14 bits per heavy atom. The minimum absolute atomic E-state index is 0.160. The summed E-state index contributed by atoms with van der Waals surface area (Å²) in [4.78, 5) is 11.1. The van der Waals surface area contributed by atoms with Gasteiger partial charge < -0.3 is 5.32 Å². The van der Waals surface area contributed by atoms with E-state index in [0.29, 0.717) is 10.9 Å². The van der Waals surface area contributed by atoms with Crippen LogP contribution in [-0.2, 0) is 0 Å². The molecule has 14 heavy (non-hydrogen) atoms. The average Bonchev–Trinajstić information content (AvgIpc) is 2.20. The van der Waals surface area contributed by atoms with Crippen LogP contribution in [0.2, 0.25) is 5.02 Å². The van der Waals surface area contributed by atoms with E-state index in [1.54, 1.807) is 11.8 Å². The monoisotopic (exact) mass is 233 g/mol. The van der Waals surface area contributed by atoms with Crippen LogP contribution >= 0.6 is 23.4 Å². The molecule has 0 amide bonds.